The van der Waals surface area contributed by atoms with Crippen LogP contribution < -0.4 is 5.32 Å². The molecule has 6 nitrogen and oxygen atoms in total. The van der Waals surface area contributed by atoms with Crippen LogP contribution in [0.2, 0.25) is 0 Å². The van der Waals surface area contributed by atoms with Gasteiger partial charge >= 0.3 is 6.03 Å². The molecule has 0 spiro atoms. The van der Waals surface area contributed by atoms with Gasteiger partial charge in [0.25, 0.3) is 0 Å². The molecule has 130 valence electrons. The van der Waals surface area contributed by atoms with Crippen molar-refractivity contribution in [2.24, 2.45) is 13.0 Å². The lowest BCUT2D eigenvalue weighted by atomic mass is 10.1. The molecule has 1 saturated carbocycles. The van der Waals surface area contributed by atoms with Crippen molar-refractivity contribution in [2.75, 3.05) is 13.6 Å². The molecule has 2 atom stereocenters. The molecule has 0 bridgehead atoms. The van der Waals surface area contributed by atoms with Gasteiger partial charge in [-0.3, -0.25) is 4.68 Å². The third-order valence-corrected chi connectivity index (χ3v) is 4.92. The molecule has 2 amide bonds. The van der Waals surface area contributed by atoms with E-state index >= 15 is 0 Å². The van der Waals surface area contributed by atoms with Crippen LogP contribution in [0.1, 0.15) is 50.1 Å². The van der Waals surface area contributed by atoms with Crippen LogP contribution >= 0.6 is 0 Å². The molecule has 1 aliphatic rings. The molecular weight excluding hydrogens is 292 g/mol. The maximum absolute atomic E-state index is 12.3. The number of aliphatic hydroxyl groups excluding tert-OH is 1. The van der Waals surface area contributed by atoms with Gasteiger partial charge in [0.2, 0.25) is 0 Å². The van der Waals surface area contributed by atoms with Gasteiger partial charge in [0.15, 0.2) is 0 Å². The average Bonchev–Trinajstić information content (AvgIpc) is 3.07. The van der Waals surface area contributed by atoms with Crippen LogP contribution in [0.4, 0.5) is 4.79 Å². The van der Waals surface area contributed by atoms with Crippen LogP contribution in [-0.4, -0.2) is 45.5 Å². The van der Waals surface area contributed by atoms with Crippen molar-refractivity contribution in [1.82, 2.24) is 20.0 Å². The minimum atomic E-state index is -0.262. The molecule has 2 rings (SSSR count). The molecule has 0 aliphatic heterocycles. The van der Waals surface area contributed by atoms with E-state index in [1.54, 1.807) is 11.9 Å². The summed E-state index contributed by atoms with van der Waals surface area (Å²) in [6, 6.07) is -0.0861. The Balaban J connectivity index is 1.93. The molecule has 1 aromatic heterocycles. The zero-order valence-electron chi connectivity index (χ0n) is 14.8. The number of aryl methyl sites for hydroxylation is 2. The first-order valence-corrected chi connectivity index (χ1v) is 8.68. The van der Waals surface area contributed by atoms with Gasteiger partial charge in [-0.1, -0.05) is 20.3 Å². The first-order valence-electron chi connectivity index (χ1n) is 8.68. The highest BCUT2D eigenvalue weighted by atomic mass is 16.3. The van der Waals surface area contributed by atoms with E-state index in [4.69, 9.17) is 0 Å². The van der Waals surface area contributed by atoms with E-state index < -0.39 is 0 Å². The summed E-state index contributed by atoms with van der Waals surface area (Å²) in [5.74, 6) is 0.210. The molecule has 2 unspecified atom stereocenters. The predicted octanol–water partition coefficient (Wildman–Crippen LogP) is 1.85. The molecule has 1 heterocycles. The van der Waals surface area contributed by atoms with Gasteiger partial charge < -0.3 is 15.3 Å². The molecule has 2 N–H and O–H groups in total. The van der Waals surface area contributed by atoms with Crippen LogP contribution in [-0.2, 0) is 26.4 Å². The number of amides is 2. The second-order valence-electron chi connectivity index (χ2n) is 6.50. The number of aliphatic hydroxyl groups is 1. The summed E-state index contributed by atoms with van der Waals surface area (Å²) in [5, 5.41) is 17.4. The normalized spacial score (nSPS) is 20.7. The molecule has 1 aliphatic carbocycles. The fourth-order valence-corrected chi connectivity index (χ4v) is 3.56. The summed E-state index contributed by atoms with van der Waals surface area (Å²) in [7, 11) is 3.75. The van der Waals surface area contributed by atoms with Gasteiger partial charge in [0.05, 0.1) is 11.8 Å². The van der Waals surface area contributed by atoms with Crippen molar-refractivity contribution >= 4 is 6.03 Å². The number of rotatable bonds is 6. The maximum atomic E-state index is 12.3. The van der Waals surface area contributed by atoms with Crippen LogP contribution in [0.25, 0.3) is 0 Å². The van der Waals surface area contributed by atoms with Crippen LogP contribution in [0.15, 0.2) is 0 Å². The highest BCUT2D eigenvalue weighted by Gasteiger charge is 2.27. The second kappa shape index (κ2) is 7.81. The van der Waals surface area contributed by atoms with Crippen molar-refractivity contribution in [1.29, 1.82) is 0 Å². The van der Waals surface area contributed by atoms with E-state index in [0.717, 1.165) is 43.4 Å². The summed E-state index contributed by atoms with van der Waals surface area (Å²) >= 11 is 0. The summed E-state index contributed by atoms with van der Waals surface area (Å²) in [6.07, 6.45) is 4.41. The number of hydrogen-bond donors (Lipinski definition) is 2. The lowest BCUT2D eigenvalue weighted by molar-refractivity contribution is 0.114. The number of nitrogens with one attached hydrogen (secondary N) is 1. The van der Waals surface area contributed by atoms with Gasteiger partial charge in [0.1, 0.15) is 0 Å². The quantitative estimate of drug-likeness (QED) is 0.839. The summed E-state index contributed by atoms with van der Waals surface area (Å²) in [4.78, 5) is 14.0. The van der Waals surface area contributed by atoms with Crippen LogP contribution in [0, 0.1) is 5.92 Å². The number of carbonyl (C=O) groups excluding carboxylic acids is 1. The third kappa shape index (κ3) is 4.05. The lowest BCUT2D eigenvalue weighted by Gasteiger charge is -2.23. The largest absolute Gasteiger partial charge is 0.393 e. The predicted molar refractivity (Wildman–Crippen MR) is 90.2 cm³/mol. The van der Waals surface area contributed by atoms with E-state index in [0.29, 0.717) is 13.1 Å². The Morgan fingerprint density at radius 2 is 2.13 bits per heavy atom. The molecule has 1 fully saturated rings. The molecule has 0 saturated heterocycles. The highest BCUT2D eigenvalue weighted by Crippen LogP contribution is 2.26. The Labute approximate surface area is 138 Å². The Morgan fingerprint density at radius 3 is 2.70 bits per heavy atom. The number of nitrogens with zero attached hydrogens (tertiary/aromatic N) is 3. The lowest BCUT2D eigenvalue weighted by Crippen LogP contribution is -2.41. The van der Waals surface area contributed by atoms with E-state index in [1.165, 1.54) is 5.69 Å². The van der Waals surface area contributed by atoms with Crippen molar-refractivity contribution in [3.63, 3.8) is 0 Å². The summed E-state index contributed by atoms with van der Waals surface area (Å²) in [5.41, 5.74) is 3.37. The van der Waals surface area contributed by atoms with Gasteiger partial charge in [-0.25, -0.2) is 4.79 Å². The average molecular weight is 322 g/mol. The highest BCUT2D eigenvalue weighted by molar-refractivity contribution is 5.73. The number of aromatic nitrogens is 2. The van der Waals surface area contributed by atoms with Crippen LogP contribution in [0.3, 0.4) is 0 Å². The zero-order valence-corrected chi connectivity index (χ0v) is 14.8. The Hall–Kier alpha value is -1.56. The van der Waals surface area contributed by atoms with Crippen molar-refractivity contribution in [3.05, 3.63) is 17.0 Å². The van der Waals surface area contributed by atoms with Gasteiger partial charge in [-0.2, -0.15) is 5.10 Å². The maximum Gasteiger partial charge on any atom is 0.317 e. The first-order chi connectivity index (χ1) is 11.0. The third-order valence-electron chi connectivity index (χ3n) is 4.92. The molecule has 0 aromatic carbocycles. The van der Waals surface area contributed by atoms with Crippen LogP contribution in [0.5, 0.6) is 0 Å². The van der Waals surface area contributed by atoms with E-state index in [2.05, 4.69) is 24.3 Å². The zero-order chi connectivity index (χ0) is 17.0. The minimum absolute atomic E-state index is 0.0861. The van der Waals surface area contributed by atoms with Gasteiger partial charge in [-0.15, -0.1) is 0 Å². The molecule has 6 heteroatoms. The molecule has 1 aromatic rings. The summed E-state index contributed by atoms with van der Waals surface area (Å²) in [6.45, 7) is 5.31. The fourth-order valence-electron chi connectivity index (χ4n) is 3.56. The van der Waals surface area contributed by atoms with Crippen molar-refractivity contribution in [3.8, 4) is 0 Å². The molecule has 0 radical (unpaired) electrons. The number of carbonyl (C=O) groups is 1. The van der Waals surface area contributed by atoms with Crippen molar-refractivity contribution < 1.29 is 9.90 Å². The number of urea groups is 1. The monoisotopic (exact) mass is 322 g/mol. The Kier molecular flexibility index (Phi) is 6.04. The molecular formula is C17H30N4O2. The van der Waals surface area contributed by atoms with E-state index in [9.17, 15) is 9.90 Å². The minimum Gasteiger partial charge on any atom is -0.393 e. The Morgan fingerprint density at radius 1 is 1.39 bits per heavy atom. The first kappa shape index (κ1) is 17.8. The van der Waals surface area contributed by atoms with E-state index in [1.807, 2.05) is 11.7 Å². The number of hydrogen-bond acceptors (Lipinski definition) is 3. The molecule has 23 heavy (non-hydrogen) atoms. The standard InChI is InChI=1S/C17H30N4O2/c1-5-14-13(15(6-2)21(4)19-14)10-18-17(23)20(3)11-12-8-7-9-16(12)22/h12,16,22H,5-11H2,1-4H3,(H,18,23). The SMILES string of the molecule is CCc1nn(C)c(CC)c1CNC(=O)N(C)CC1CCCC1O. The summed E-state index contributed by atoms with van der Waals surface area (Å²) < 4.78 is 1.92. The van der Waals surface area contributed by atoms with Gasteiger partial charge in [0, 0.05) is 44.4 Å². The topological polar surface area (TPSA) is 70.4 Å². The second-order valence-corrected chi connectivity index (χ2v) is 6.50. The smallest absolute Gasteiger partial charge is 0.317 e. The van der Waals surface area contributed by atoms with Crippen molar-refractivity contribution in [2.45, 2.75) is 58.6 Å². The Bertz CT molecular complexity index is 541. The van der Waals surface area contributed by atoms with Gasteiger partial charge in [-0.05, 0) is 25.7 Å². The van der Waals surface area contributed by atoms with E-state index in [-0.39, 0.29) is 18.1 Å². The fraction of sp³-hybridized carbons (Fsp3) is 0.765.